The number of hydrogen-bond acceptors (Lipinski definition) is 3. The van der Waals surface area contributed by atoms with Gasteiger partial charge in [-0.1, -0.05) is 46.3 Å². The van der Waals surface area contributed by atoms with Crippen molar-refractivity contribution in [2.75, 3.05) is 5.32 Å². The van der Waals surface area contributed by atoms with E-state index in [4.69, 9.17) is 0 Å². The highest BCUT2D eigenvalue weighted by Gasteiger charge is 2.14. The number of imidazole rings is 1. The van der Waals surface area contributed by atoms with Gasteiger partial charge < -0.3 is 5.32 Å². The summed E-state index contributed by atoms with van der Waals surface area (Å²) in [6.07, 6.45) is 2.06. The molecule has 0 aliphatic carbocycles. The van der Waals surface area contributed by atoms with Crippen LogP contribution in [-0.2, 0) is 11.2 Å². The lowest BCUT2D eigenvalue weighted by atomic mass is 10.2. The third-order valence-corrected chi connectivity index (χ3v) is 5.28. The maximum Gasteiger partial charge on any atom is 0.230 e. The van der Waals surface area contributed by atoms with E-state index in [1.54, 1.807) is 6.07 Å². The van der Waals surface area contributed by atoms with E-state index in [2.05, 4.69) is 26.2 Å². The molecule has 0 atom stereocenters. The number of carbonyl (C=O) groups excluding carboxylic acids is 1. The Bertz CT molecular complexity index is 1090. The van der Waals surface area contributed by atoms with Crippen molar-refractivity contribution in [2.45, 2.75) is 6.42 Å². The summed E-state index contributed by atoms with van der Waals surface area (Å²) < 4.78 is 16.4. The summed E-state index contributed by atoms with van der Waals surface area (Å²) in [6.45, 7) is 0. The van der Waals surface area contributed by atoms with Crippen LogP contribution >= 0.6 is 27.3 Å². The number of aromatic nitrogens is 2. The van der Waals surface area contributed by atoms with Gasteiger partial charge in [0, 0.05) is 27.3 Å². The summed E-state index contributed by atoms with van der Waals surface area (Å²) in [6, 6.07) is 14.4. The minimum atomic E-state index is -0.475. The van der Waals surface area contributed by atoms with Gasteiger partial charge in [0.2, 0.25) is 5.91 Å². The fourth-order valence-corrected chi connectivity index (χ4v) is 3.86. The van der Waals surface area contributed by atoms with Crippen molar-refractivity contribution in [3.8, 4) is 11.3 Å². The third kappa shape index (κ3) is 3.40. The molecular formula is C19H13BrFN3OS. The highest BCUT2D eigenvalue weighted by Crippen LogP contribution is 2.24. The van der Waals surface area contributed by atoms with Gasteiger partial charge in [-0.05, 0) is 18.2 Å². The van der Waals surface area contributed by atoms with Gasteiger partial charge in [-0.25, -0.2) is 9.37 Å². The molecule has 0 aliphatic rings. The predicted molar refractivity (Wildman–Crippen MR) is 105 cm³/mol. The molecule has 26 heavy (non-hydrogen) atoms. The van der Waals surface area contributed by atoms with Crippen LogP contribution in [0.1, 0.15) is 5.69 Å². The highest BCUT2D eigenvalue weighted by atomic mass is 79.9. The Morgan fingerprint density at radius 3 is 2.81 bits per heavy atom. The second-order valence-electron chi connectivity index (χ2n) is 5.72. The number of carbonyl (C=O) groups is 1. The molecule has 0 bridgehead atoms. The van der Waals surface area contributed by atoms with Crippen LogP contribution in [-0.4, -0.2) is 15.3 Å². The van der Waals surface area contributed by atoms with Gasteiger partial charge in [0.25, 0.3) is 0 Å². The molecule has 0 spiro atoms. The van der Waals surface area contributed by atoms with Gasteiger partial charge in [0.05, 0.1) is 17.8 Å². The molecule has 4 aromatic rings. The number of halogens is 2. The number of benzene rings is 2. The monoisotopic (exact) mass is 429 g/mol. The first kappa shape index (κ1) is 16.9. The lowest BCUT2D eigenvalue weighted by molar-refractivity contribution is -0.115. The first-order valence-corrected chi connectivity index (χ1v) is 9.53. The maximum absolute atomic E-state index is 13.9. The molecule has 0 fully saturated rings. The molecule has 0 saturated heterocycles. The predicted octanol–water partition coefficient (Wildman–Crippen LogP) is 5.15. The normalized spacial score (nSPS) is 11.0. The van der Waals surface area contributed by atoms with Crippen LogP contribution in [0.3, 0.4) is 0 Å². The summed E-state index contributed by atoms with van der Waals surface area (Å²) in [7, 11) is 0. The van der Waals surface area contributed by atoms with Crippen LogP contribution in [0.2, 0.25) is 0 Å². The van der Waals surface area contributed by atoms with Crippen molar-refractivity contribution < 1.29 is 9.18 Å². The van der Waals surface area contributed by atoms with E-state index in [1.165, 1.54) is 23.5 Å². The van der Waals surface area contributed by atoms with Gasteiger partial charge in [-0.15, -0.1) is 11.3 Å². The van der Waals surface area contributed by atoms with Crippen LogP contribution in [0, 0.1) is 5.82 Å². The van der Waals surface area contributed by atoms with Crippen LogP contribution < -0.4 is 5.32 Å². The van der Waals surface area contributed by atoms with E-state index in [0.717, 1.165) is 21.9 Å². The van der Waals surface area contributed by atoms with Crippen molar-refractivity contribution in [2.24, 2.45) is 0 Å². The second-order valence-corrected chi connectivity index (χ2v) is 7.47. The number of nitrogens with one attached hydrogen (secondary N) is 1. The zero-order valence-electron chi connectivity index (χ0n) is 13.4. The maximum atomic E-state index is 13.9. The summed E-state index contributed by atoms with van der Waals surface area (Å²) >= 11 is 4.67. The standard InChI is InChI=1S/C19H13BrFN3OS/c20-13-6-7-16(15(21)8-13)22-18(25)9-14-11-26-19-23-17(10-24(14)19)12-4-2-1-3-5-12/h1-8,10-11H,9H2,(H,22,25). The third-order valence-electron chi connectivity index (χ3n) is 3.90. The zero-order chi connectivity index (χ0) is 18.1. The molecule has 130 valence electrons. The Morgan fingerprint density at radius 2 is 2.04 bits per heavy atom. The number of fused-ring (bicyclic) bond motifs is 1. The summed E-state index contributed by atoms with van der Waals surface area (Å²) in [5.74, 6) is -0.752. The summed E-state index contributed by atoms with van der Waals surface area (Å²) in [4.78, 5) is 17.7. The molecule has 0 aliphatic heterocycles. The first-order valence-electron chi connectivity index (χ1n) is 7.86. The van der Waals surface area contributed by atoms with Gasteiger partial charge in [0.1, 0.15) is 5.82 Å². The number of nitrogens with zero attached hydrogens (tertiary/aromatic N) is 2. The average Bonchev–Trinajstić information content (AvgIpc) is 3.20. The Hall–Kier alpha value is -2.51. The molecule has 1 N–H and O–H groups in total. The van der Waals surface area contributed by atoms with Crippen molar-refractivity contribution in [1.29, 1.82) is 0 Å². The Labute approximate surface area is 161 Å². The van der Waals surface area contributed by atoms with Gasteiger partial charge in [-0.2, -0.15) is 0 Å². The van der Waals surface area contributed by atoms with Crippen LogP contribution in [0.4, 0.5) is 10.1 Å². The molecule has 2 aromatic heterocycles. The Balaban J connectivity index is 1.55. The van der Waals surface area contributed by atoms with Crippen LogP contribution in [0.25, 0.3) is 16.2 Å². The lowest BCUT2D eigenvalue weighted by Crippen LogP contribution is -2.16. The topological polar surface area (TPSA) is 46.4 Å². The fraction of sp³-hybridized carbons (Fsp3) is 0.0526. The summed E-state index contributed by atoms with van der Waals surface area (Å²) in [5.41, 5.74) is 2.86. The lowest BCUT2D eigenvalue weighted by Gasteiger charge is -2.06. The van der Waals surface area contributed by atoms with Crippen LogP contribution in [0.5, 0.6) is 0 Å². The Kier molecular flexibility index (Phi) is 4.57. The Morgan fingerprint density at radius 1 is 1.23 bits per heavy atom. The van der Waals surface area contributed by atoms with E-state index in [-0.39, 0.29) is 18.0 Å². The number of hydrogen-bond donors (Lipinski definition) is 1. The first-order chi connectivity index (χ1) is 12.6. The number of anilines is 1. The molecule has 7 heteroatoms. The molecular weight excluding hydrogens is 417 g/mol. The largest absolute Gasteiger partial charge is 0.323 e. The number of thiazole rings is 1. The van der Waals surface area contributed by atoms with Crippen LogP contribution in [0.15, 0.2) is 64.6 Å². The van der Waals surface area contributed by atoms with E-state index in [9.17, 15) is 9.18 Å². The van der Waals surface area contributed by atoms with E-state index >= 15 is 0 Å². The minimum Gasteiger partial charge on any atom is -0.323 e. The average molecular weight is 430 g/mol. The molecule has 4 nitrogen and oxygen atoms in total. The fourth-order valence-electron chi connectivity index (χ4n) is 2.65. The van der Waals surface area contributed by atoms with Gasteiger partial charge in [-0.3, -0.25) is 9.20 Å². The molecule has 2 aromatic carbocycles. The van der Waals surface area contributed by atoms with Crippen molar-refractivity contribution >= 4 is 43.8 Å². The number of amides is 1. The van der Waals surface area contributed by atoms with Crippen molar-refractivity contribution in [1.82, 2.24) is 9.38 Å². The second kappa shape index (κ2) is 7.01. The molecule has 2 heterocycles. The molecule has 1 amide bonds. The quantitative estimate of drug-likeness (QED) is 0.487. The SMILES string of the molecule is O=C(Cc1csc2nc(-c3ccccc3)cn12)Nc1ccc(Br)cc1F. The molecule has 0 saturated carbocycles. The van der Waals surface area contributed by atoms with E-state index in [1.807, 2.05) is 46.3 Å². The highest BCUT2D eigenvalue weighted by molar-refractivity contribution is 9.10. The molecule has 4 rings (SSSR count). The number of rotatable bonds is 4. The van der Waals surface area contributed by atoms with Crippen molar-refractivity contribution in [3.63, 3.8) is 0 Å². The minimum absolute atomic E-state index is 0.139. The smallest absolute Gasteiger partial charge is 0.230 e. The van der Waals surface area contributed by atoms with Gasteiger partial charge in [0.15, 0.2) is 4.96 Å². The van der Waals surface area contributed by atoms with E-state index in [0.29, 0.717) is 4.47 Å². The van der Waals surface area contributed by atoms with E-state index < -0.39 is 5.82 Å². The zero-order valence-corrected chi connectivity index (χ0v) is 15.8. The van der Waals surface area contributed by atoms with Gasteiger partial charge >= 0.3 is 0 Å². The molecule has 0 radical (unpaired) electrons. The molecule has 0 unspecified atom stereocenters. The summed E-state index contributed by atoms with van der Waals surface area (Å²) in [5, 5.41) is 4.51. The van der Waals surface area contributed by atoms with Crippen molar-refractivity contribution in [3.05, 3.63) is 76.1 Å².